The summed E-state index contributed by atoms with van der Waals surface area (Å²) in [5.74, 6) is -2.29. The topological polar surface area (TPSA) is 225 Å². The standard InChI is InChI=1S/C58H46N8O8/c1-33-27-41(61-57(71)44-29-35-15-11-13-21-42(35)51(53(44)67)65-63-46-31-37(23-25-48(46)73-3)55(69)59-39-17-7-5-8-18-39)28-34(2)50(33)62-58(72)45-30-36-16-12-14-22-43(36)52(54(45)68)66-64-47-32-38(24-26-49(47)74-4)56(70)60-40-19-9-6-10-20-40/h5-32,67-68H,1-4H3,(H,59,69)(H,60,70)(H,61,71)(H,62,72). The van der Waals surface area contributed by atoms with Crippen LogP contribution in [0.25, 0.3) is 21.5 Å². The molecule has 9 aromatic rings. The molecule has 4 amide bonds. The zero-order valence-electron chi connectivity index (χ0n) is 40.3. The Bertz CT molecular complexity index is 3710. The van der Waals surface area contributed by atoms with E-state index >= 15 is 0 Å². The molecular weight excluding hydrogens is 937 g/mol. The first-order chi connectivity index (χ1) is 35.9. The molecule has 366 valence electrons. The monoisotopic (exact) mass is 982 g/mol. The number of methoxy groups -OCH3 is 2. The summed E-state index contributed by atoms with van der Waals surface area (Å²) < 4.78 is 11.0. The Morgan fingerprint density at radius 3 is 1.24 bits per heavy atom. The van der Waals surface area contributed by atoms with Crippen molar-refractivity contribution in [3.8, 4) is 23.0 Å². The fourth-order valence-electron chi connectivity index (χ4n) is 8.27. The summed E-state index contributed by atoms with van der Waals surface area (Å²) in [6.07, 6.45) is 0. The number of fused-ring (bicyclic) bond motifs is 2. The highest BCUT2D eigenvalue weighted by atomic mass is 16.5. The molecule has 0 aliphatic heterocycles. The minimum absolute atomic E-state index is 0.0129. The van der Waals surface area contributed by atoms with Crippen LogP contribution < -0.4 is 30.7 Å². The summed E-state index contributed by atoms with van der Waals surface area (Å²) in [4.78, 5) is 54.5. The number of anilines is 4. The van der Waals surface area contributed by atoms with E-state index in [0.29, 0.717) is 66.9 Å². The van der Waals surface area contributed by atoms with Crippen molar-refractivity contribution in [1.29, 1.82) is 0 Å². The number of rotatable bonds is 14. The minimum Gasteiger partial charge on any atom is -0.505 e. The van der Waals surface area contributed by atoms with Crippen molar-refractivity contribution in [2.24, 2.45) is 20.5 Å². The molecule has 0 unspecified atom stereocenters. The number of phenols is 2. The average molecular weight is 983 g/mol. The van der Waals surface area contributed by atoms with Crippen molar-refractivity contribution in [3.05, 3.63) is 203 Å². The molecule has 0 heterocycles. The number of benzene rings is 9. The van der Waals surface area contributed by atoms with E-state index in [0.717, 1.165) is 0 Å². The van der Waals surface area contributed by atoms with Gasteiger partial charge in [-0.25, -0.2) is 0 Å². The maximum absolute atomic E-state index is 14.2. The van der Waals surface area contributed by atoms with Crippen LogP contribution in [0.2, 0.25) is 0 Å². The van der Waals surface area contributed by atoms with E-state index < -0.39 is 23.3 Å². The van der Waals surface area contributed by atoms with Gasteiger partial charge in [0.2, 0.25) is 0 Å². The van der Waals surface area contributed by atoms with Crippen LogP contribution in [0.1, 0.15) is 52.6 Å². The number of nitrogens with zero attached hydrogens (tertiary/aromatic N) is 4. The van der Waals surface area contributed by atoms with E-state index in [9.17, 15) is 29.4 Å². The number of ether oxygens (including phenoxy) is 2. The summed E-state index contributed by atoms with van der Waals surface area (Å²) in [6.45, 7) is 3.50. The Kier molecular flexibility index (Phi) is 14.1. The molecule has 0 saturated carbocycles. The van der Waals surface area contributed by atoms with Gasteiger partial charge in [0.25, 0.3) is 23.6 Å². The Morgan fingerprint density at radius 1 is 0.419 bits per heavy atom. The second-order valence-electron chi connectivity index (χ2n) is 16.9. The second-order valence-corrected chi connectivity index (χ2v) is 16.9. The predicted octanol–water partition coefficient (Wildman–Crippen LogP) is 13.9. The summed E-state index contributed by atoms with van der Waals surface area (Å²) in [5, 5.41) is 54.7. The number of carbonyl (C=O) groups excluding carboxylic acids is 4. The van der Waals surface area contributed by atoms with E-state index in [1.54, 1.807) is 135 Å². The molecule has 9 rings (SSSR count). The minimum atomic E-state index is -0.653. The fraction of sp³-hybridized carbons (Fsp3) is 0.0690. The number of para-hydroxylation sites is 2. The molecule has 6 N–H and O–H groups in total. The number of nitrogens with one attached hydrogen (secondary N) is 4. The van der Waals surface area contributed by atoms with E-state index in [1.165, 1.54) is 26.4 Å². The molecule has 0 aliphatic rings. The third kappa shape index (κ3) is 10.5. The molecule has 0 saturated heterocycles. The maximum atomic E-state index is 14.2. The lowest BCUT2D eigenvalue weighted by Crippen LogP contribution is -2.16. The molecule has 0 atom stereocenters. The van der Waals surface area contributed by atoms with Gasteiger partial charge in [-0.3, -0.25) is 19.2 Å². The first-order valence-electron chi connectivity index (χ1n) is 23.0. The van der Waals surface area contributed by atoms with Crippen molar-refractivity contribution in [3.63, 3.8) is 0 Å². The van der Waals surface area contributed by atoms with Crippen LogP contribution >= 0.6 is 0 Å². The van der Waals surface area contributed by atoms with Gasteiger partial charge in [-0.2, -0.15) is 0 Å². The first kappa shape index (κ1) is 48.8. The van der Waals surface area contributed by atoms with Gasteiger partial charge in [-0.05, 0) is 121 Å². The number of carbonyl (C=O) groups is 4. The highest BCUT2D eigenvalue weighted by Crippen LogP contribution is 2.43. The Labute approximate surface area is 424 Å². The molecule has 0 radical (unpaired) electrons. The molecule has 0 aromatic heterocycles. The largest absolute Gasteiger partial charge is 0.505 e. The number of hydrogen-bond donors (Lipinski definition) is 6. The van der Waals surface area contributed by atoms with E-state index in [2.05, 4.69) is 41.7 Å². The number of hydrogen-bond acceptors (Lipinski definition) is 12. The summed E-state index contributed by atoms with van der Waals surface area (Å²) in [7, 11) is 2.91. The zero-order valence-corrected chi connectivity index (χ0v) is 40.3. The molecule has 0 spiro atoms. The Balaban J connectivity index is 0.959. The number of phenolic OH excluding ortho intramolecular Hbond substituents is 2. The number of amides is 4. The molecule has 16 heteroatoms. The number of aromatic hydroxyl groups is 2. The van der Waals surface area contributed by atoms with Crippen molar-refractivity contribution in [2.75, 3.05) is 35.5 Å². The molecule has 0 fully saturated rings. The van der Waals surface area contributed by atoms with Gasteiger partial charge in [0.15, 0.2) is 11.5 Å². The summed E-state index contributed by atoms with van der Waals surface area (Å²) >= 11 is 0. The van der Waals surface area contributed by atoms with Gasteiger partial charge >= 0.3 is 0 Å². The molecule has 9 aromatic carbocycles. The predicted molar refractivity (Wildman–Crippen MR) is 286 cm³/mol. The van der Waals surface area contributed by atoms with E-state index in [-0.39, 0.29) is 56.8 Å². The quantitative estimate of drug-likeness (QED) is 0.0573. The van der Waals surface area contributed by atoms with Crippen LogP contribution in [0.3, 0.4) is 0 Å². The van der Waals surface area contributed by atoms with E-state index in [4.69, 9.17) is 9.47 Å². The zero-order chi connectivity index (χ0) is 51.9. The van der Waals surface area contributed by atoms with Gasteiger partial charge in [-0.1, -0.05) is 84.9 Å². The van der Waals surface area contributed by atoms with Gasteiger partial charge in [0, 0.05) is 44.6 Å². The summed E-state index contributed by atoms with van der Waals surface area (Å²) in [5.41, 5.74) is 3.99. The molecule has 16 nitrogen and oxygen atoms in total. The Morgan fingerprint density at radius 2 is 0.811 bits per heavy atom. The van der Waals surface area contributed by atoms with Gasteiger partial charge in [0.05, 0.1) is 25.3 Å². The fourth-order valence-corrected chi connectivity index (χ4v) is 8.27. The highest BCUT2D eigenvalue weighted by molar-refractivity contribution is 6.14. The molecular formula is C58H46N8O8. The third-order valence-electron chi connectivity index (χ3n) is 12.0. The lowest BCUT2D eigenvalue weighted by molar-refractivity contribution is 0.101. The first-order valence-corrected chi connectivity index (χ1v) is 23.0. The molecule has 74 heavy (non-hydrogen) atoms. The highest BCUT2D eigenvalue weighted by Gasteiger charge is 2.23. The van der Waals surface area contributed by atoms with Crippen molar-refractivity contribution >= 4 is 90.7 Å². The van der Waals surface area contributed by atoms with Crippen LogP contribution in [-0.4, -0.2) is 48.1 Å². The van der Waals surface area contributed by atoms with Crippen molar-refractivity contribution < 1.29 is 38.9 Å². The lowest BCUT2D eigenvalue weighted by atomic mass is 10.0. The average Bonchev–Trinajstić information content (AvgIpc) is 3.41. The van der Waals surface area contributed by atoms with Crippen molar-refractivity contribution in [1.82, 2.24) is 0 Å². The number of aryl methyl sites for hydroxylation is 2. The normalized spacial score (nSPS) is 11.2. The third-order valence-corrected chi connectivity index (χ3v) is 12.0. The van der Waals surface area contributed by atoms with Crippen LogP contribution in [0.15, 0.2) is 190 Å². The molecule has 0 aliphatic carbocycles. The van der Waals surface area contributed by atoms with Crippen molar-refractivity contribution in [2.45, 2.75) is 13.8 Å². The smallest absolute Gasteiger partial charge is 0.259 e. The van der Waals surface area contributed by atoms with Crippen LogP contribution in [0, 0.1) is 13.8 Å². The second kappa shape index (κ2) is 21.4. The lowest BCUT2D eigenvalue weighted by Gasteiger charge is -2.16. The van der Waals surface area contributed by atoms with E-state index in [1.807, 2.05) is 36.4 Å². The van der Waals surface area contributed by atoms with Gasteiger partial charge in [-0.15, -0.1) is 20.5 Å². The maximum Gasteiger partial charge on any atom is 0.259 e. The SMILES string of the molecule is COc1ccc(C(=O)Nc2ccccc2)cc1N=Nc1c(O)c(C(=O)Nc2cc(C)c(NC(=O)c3cc4ccccc4c(N=Nc4cc(C(=O)Nc5ccccc5)ccc4OC)c3O)c(C)c2)cc2ccccc12. The summed E-state index contributed by atoms with van der Waals surface area (Å²) in [6, 6.07) is 47.9. The van der Waals surface area contributed by atoms with Gasteiger partial charge in [0.1, 0.15) is 34.2 Å². The number of azo groups is 2. The van der Waals surface area contributed by atoms with Crippen LogP contribution in [0.4, 0.5) is 45.5 Å². The van der Waals surface area contributed by atoms with Gasteiger partial charge < -0.3 is 41.0 Å². The Hall–Kier alpha value is -10.2. The molecule has 0 bridgehead atoms. The van der Waals surface area contributed by atoms with Crippen LogP contribution in [0.5, 0.6) is 23.0 Å². The van der Waals surface area contributed by atoms with Crippen LogP contribution in [-0.2, 0) is 0 Å².